The number of nitrogens with one attached hydrogen (secondary N) is 1. The Morgan fingerprint density at radius 1 is 1.17 bits per heavy atom. The first-order chi connectivity index (χ1) is 11.1. The summed E-state index contributed by atoms with van der Waals surface area (Å²) in [7, 11) is 0. The maximum atomic E-state index is 13.3. The van der Waals surface area contributed by atoms with Gasteiger partial charge in [-0.3, -0.25) is 4.79 Å². The maximum Gasteiger partial charge on any atom is 0.229 e. The zero-order valence-corrected chi connectivity index (χ0v) is 12.1. The Bertz CT molecular complexity index is 831. The van der Waals surface area contributed by atoms with E-state index in [1.54, 1.807) is 16.9 Å². The molecule has 0 aliphatic heterocycles. The van der Waals surface area contributed by atoms with E-state index in [2.05, 4.69) is 10.4 Å². The predicted molar refractivity (Wildman–Crippen MR) is 84.0 cm³/mol. The molecule has 0 atom stereocenters. The van der Waals surface area contributed by atoms with Gasteiger partial charge >= 0.3 is 0 Å². The maximum absolute atomic E-state index is 13.3. The number of amides is 1. The summed E-state index contributed by atoms with van der Waals surface area (Å²) in [4.78, 5) is 12.0. The zero-order valence-electron chi connectivity index (χ0n) is 12.1. The lowest BCUT2D eigenvalue weighted by atomic mass is 10.1. The summed E-state index contributed by atoms with van der Waals surface area (Å²) in [6.07, 6.45) is 1.74. The third-order valence-electron chi connectivity index (χ3n) is 3.25. The highest BCUT2D eigenvalue weighted by Gasteiger charge is 2.09. The van der Waals surface area contributed by atoms with Gasteiger partial charge in [0.15, 0.2) is 17.4 Å². The Morgan fingerprint density at radius 3 is 2.70 bits per heavy atom. The fourth-order valence-electron chi connectivity index (χ4n) is 2.15. The number of aromatic hydroxyl groups is 1. The van der Waals surface area contributed by atoms with Gasteiger partial charge in [0.1, 0.15) is 0 Å². The number of phenols is 1. The van der Waals surface area contributed by atoms with Crippen molar-refractivity contribution in [3.8, 4) is 11.4 Å². The van der Waals surface area contributed by atoms with Crippen LogP contribution in [0.2, 0.25) is 0 Å². The Labute approximate surface area is 132 Å². The molecule has 1 aromatic heterocycles. The number of hydrogen-bond acceptors (Lipinski definition) is 3. The molecule has 0 aliphatic rings. The van der Waals surface area contributed by atoms with E-state index in [1.807, 2.05) is 30.3 Å². The Morgan fingerprint density at radius 2 is 1.96 bits per heavy atom. The van der Waals surface area contributed by atoms with Crippen LogP contribution in [0.5, 0.6) is 5.75 Å². The van der Waals surface area contributed by atoms with Crippen molar-refractivity contribution in [1.82, 2.24) is 9.78 Å². The summed E-state index contributed by atoms with van der Waals surface area (Å²) < 4.78 is 14.9. The number of aromatic nitrogens is 2. The van der Waals surface area contributed by atoms with E-state index in [-0.39, 0.29) is 12.3 Å². The number of benzene rings is 2. The molecule has 116 valence electrons. The van der Waals surface area contributed by atoms with Crippen molar-refractivity contribution in [3.63, 3.8) is 0 Å². The smallest absolute Gasteiger partial charge is 0.229 e. The lowest BCUT2D eigenvalue weighted by Crippen LogP contribution is -2.15. The average Bonchev–Trinajstić information content (AvgIpc) is 3.00. The summed E-state index contributed by atoms with van der Waals surface area (Å²) >= 11 is 0. The van der Waals surface area contributed by atoms with Crippen LogP contribution in [0, 0.1) is 5.82 Å². The van der Waals surface area contributed by atoms with Gasteiger partial charge in [-0.2, -0.15) is 5.10 Å². The fraction of sp³-hybridized carbons (Fsp3) is 0.0588. The van der Waals surface area contributed by atoms with Crippen molar-refractivity contribution in [2.45, 2.75) is 6.42 Å². The van der Waals surface area contributed by atoms with E-state index < -0.39 is 11.6 Å². The molecule has 23 heavy (non-hydrogen) atoms. The molecule has 0 spiro atoms. The third kappa shape index (κ3) is 3.55. The van der Waals surface area contributed by atoms with E-state index in [4.69, 9.17) is 5.11 Å². The molecule has 0 fully saturated rings. The van der Waals surface area contributed by atoms with E-state index >= 15 is 0 Å². The Kier molecular flexibility index (Phi) is 4.05. The second kappa shape index (κ2) is 6.31. The quantitative estimate of drug-likeness (QED) is 0.778. The van der Waals surface area contributed by atoms with Crippen LogP contribution in [0.3, 0.4) is 0 Å². The van der Waals surface area contributed by atoms with E-state index in [0.29, 0.717) is 11.4 Å². The fourth-order valence-corrected chi connectivity index (χ4v) is 2.15. The van der Waals surface area contributed by atoms with Gasteiger partial charge in [-0.25, -0.2) is 9.07 Å². The second-order valence-corrected chi connectivity index (χ2v) is 4.99. The first-order valence-corrected chi connectivity index (χ1v) is 7.00. The molecule has 1 amide bonds. The molecule has 6 heteroatoms. The van der Waals surface area contributed by atoms with Gasteiger partial charge in [-0.05, 0) is 29.8 Å². The highest BCUT2D eigenvalue weighted by Crippen LogP contribution is 2.17. The zero-order chi connectivity index (χ0) is 16.2. The largest absolute Gasteiger partial charge is 0.505 e. The lowest BCUT2D eigenvalue weighted by Gasteiger charge is -2.04. The lowest BCUT2D eigenvalue weighted by molar-refractivity contribution is -0.115. The second-order valence-electron chi connectivity index (χ2n) is 4.99. The van der Waals surface area contributed by atoms with Crippen LogP contribution in [-0.4, -0.2) is 20.8 Å². The van der Waals surface area contributed by atoms with Gasteiger partial charge in [-0.1, -0.05) is 24.3 Å². The average molecular weight is 311 g/mol. The summed E-state index contributed by atoms with van der Waals surface area (Å²) in [5, 5.41) is 16.1. The number of carbonyl (C=O) groups is 1. The van der Waals surface area contributed by atoms with Gasteiger partial charge in [0.2, 0.25) is 5.91 Å². The van der Waals surface area contributed by atoms with Crippen molar-refractivity contribution >= 4 is 11.7 Å². The van der Waals surface area contributed by atoms with Crippen LogP contribution < -0.4 is 5.32 Å². The van der Waals surface area contributed by atoms with Gasteiger partial charge in [0.25, 0.3) is 0 Å². The molecule has 3 aromatic rings. The predicted octanol–water partition coefficient (Wildman–Crippen LogP) is 2.90. The standard InChI is InChI=1S/C17H14FN3O2/c18-14-10-12(6-7-15(14)22)11-17(23)19-16-8-9-21(20-16)13-4-2-1-3-5-13/h1-10,22H,11H2,(H,19,20,23). The van der Waals surface area contributed by atoms with Crippen LogP contribution in [0.15, 0.2) is 60.8 Å². The van der Waals surface area contributed by atoms with E-state index in [9.17, 15) is 9.18 Å². The molecule has 3 rings (SSSR count). The molecule has 0 radical (unpaired) electrons. The van der Waals surface area contributed by atoms with Crippen LogP contribution in [0.4, 0.5) is 10.2 Å². The molecule has 0 aliphatic carbocycles. The van der Waals surface area contributed by atoms with Gasteiger partial charge in [-0.15, -0.1) is 0 Å². The van der Waals surface area contributed by atoms with Crippen molar-refractivity contribution in [2.75, 3.05) is 5.32 Å². The van der Waals surface area contributed by atoms with Crippen LogP contribution in [0.1, 0.15) is 5.56 Å². The number of phenolic OH excluding ortho intramolecular Hbond substituents is 1. The van der Waals surface area contributed by atoms with Crippen LogP contribution in [-0.2, 0) is 11.2 Å². The first-order valence-electron chi connectivity index (χ1n) is 7.00. The molecule has 5 nitrogen and oxygen atoms in total. The Balaban J connectivity index is 1.66. The number of hydrogen-bond donors (Lipinski definition) is 2. The molecule has 1 heterocycles. The molecular weight excluding hydrogens is 297 g/mol. The molecule has 0 unspecified atom stereocenters. The minimum Gasteiger partial charge on any atom is -0.505 e. The molecule has 0 saturated carbocycles. The number of rotatable bonds is 4. The highest BCUT2D eigenvalue weighted by molar-refractivity contribution is 5.91. The molecule has 0 bridgehead atoms. The first kappa shape index (κ1) is 14.8. The number of carbonyl (C=O) groups excluding carboxylic acids is 1. The van der Waals surface area contributed by atoms with Crippen molar-refractivity contribution in [1.29, 1.82) is 0 Å². The monoisotopic (exact) mass is 311 g/mol. The number of para-hydroxylation sites is 1. The SMILES string of the molecule is O=C(Cc1ccc(O)c(F)c1)Nc1ccn(-c2ccccc2)n1. The number of nitrogens with zero attached hydrogens (tertiary/aromatic N) is 2. The third-order valence-corrected chi connectivity index (χ3v) is 3.25. The number of anilines is 1. The molecule has 2 aromatic carbocycles. The van der Waals surface area contributed by atoms with Crippen LogP contribution in [0.25, 0.3) is 5.69 Å². The Hall–Kier alpha value is -3.15. The van der Waals surface area contributed by atoms with Crippen LogP contribution >= 0.6 is 0 Å². The normalized spacial score (nSPS) is 10.5. The van der Waals surface area contributed by atoms with Gasteiger partial charge in [0, 0.05) is 12.3 Å². The van der Waals surface area contributed by atoms with Crippen molar-refractivity contribution in [3.05, 3.63) is 72.2 Å². The number of halogens is 1. The minimum absolute atomic E-state index is 0.00457. The van der Waals surface area contributed by atoms with Gasteiger partial charge < -0.3 is 10.4 Å². The van der Waals surface area contributed by atoms with Crippen molar-refractivity contribution in [2.24, 2.45) is 0 Å². The molecule has 2 N–H and O–H groups in total. The molecular formula is C17H14FN3O2. The van der Waals surface area contributed by atoms with E-state index in [1.165, 1.54) is 12.1 Å². The highest BCUT2D eigenvalue weighted by atomic mass is 19.1. The molecule has 0 saturated heterocycles. The van der Waals surface area contributed by atoms with Gasteiger partial charge in [0.05, 0.1) is 12.1 Å². The van der Waals surface area contributed by atoms with Crippen molar-refractivity contribution < 1.29 is 14.3 Å². The van der Waals surface area contributed by atoms with E-state index in [0.717, 1.165) is 11.8 Å². The summed E-state index contributed by atoms with van der Waals surface area (Å²) in [6, 6.07) is 15.0. The summed E-state index contributed by atoms with van der Waals surface area (Å²) in [5.74, 6) is -1.08. The minimum atomic E-state index is -0.747. The summed E-state index contributed by atoms with van der Waals surface area (Å²) in [6.45, 7) is 0. The topological polar surface area (TPSA) is 67.2 Å². The summed E-state index contributed by atoms with van der Waals surface area (Å²) in [5.41, 5.74) is 1.36.